The van der Waals surface area contributed by atoms with E-state index in [0.29, 0.717) is 5.56 Å². The van der Waals surface area contributed by atoms with Gasteiger partial charge >= 0.3 is 5.97 Å². The zero-order valence-electron chi connectivity index (χ0n) is 13.6. The van der Waals surface area contributed by atoms with Gasteiger partial charge in [-0.05, 0) is 24.1 Å². The van der Waals surface area contributed by atoms with Crippen LogP contribution in [0.2, 0.25) is 0 Å². The fraction of sp³-hybridized carbons (Fsp3) is 0.562. The Labute approximate surface area is 127 Å². The Hall–Kier alpha value is -0.830. The molecule has 3 heteroatoms. The van der Waals surface area contributed by atoms with Crippen LogP contribution in [0.4, 0.5) is 0 Å². The van der Waals surface area contributed by atoms with Crippen molar-refractivity contribution in [3.05, 3.63) is 34.9 Å². The highest BCUT2D eigenvalue weighted by molar-refractivity contribution is 9.08. The maximum absolute atomic E-state index is 11.3. The molecule has 0 heterocycles. The van der Waals surface area contributed by atoms with Gasteiger partial charge in [0.15, 0.2) is 0 Å². The second-order valence-corrected chi connectivity index (χ2v) is 3.34. The Balaban J connectivity index is -0.000000375. The predicted octanol–water partition coefficient (Wildman–Crippen LogP) is 5.76. The van der Waals surface area contributed by atoms with Crippen LogP contribution in [0.15, 0.2) is 18.2 Å². The van der Waals surface area contributed by atoms with Crippen molar-refractivity contribution in [2.75, 3.05) is 7.11 Å². The molecule has 0 saturated carbocycles. The van der Waals surface area contributed by atoms with E-state index in [0.717, 1.165) is 16.5 Å². The number of carbonyl (C=O) groups is 1. The van der Waals surface area contributed by atoms with Crippen LogP contribution in [0.25, 0.3) is 0 Å². The standard InChI is InChI=1S/C10H11BrO2.3C2H6/c1-7-3-4-8(6-11)5-9(7)10(12)13-2;3*1-2/h3-5H,6H2,1-2H3;3*1-2H3. The Morgan fingerprint density at radius 1 is 1.11 bits per heavy atom. The fourth-order valence-electron chi connectivity index (χ4n) is 1.08. The van der Waals surface area contributed by atoms with Gasteiger partial charge in [0.25, 0.3) is 0 Å². The summed E-state index contributed by atoms with van der Waals surface area (Å²) in [6.45, 7) is 13.9. The van der Waals surface area contributed by atoms with Gasteiger partial charge in [-0.2, -0.15) is 0 Å². The van der Waals surface area contributed by atoms with Crippen molar-refractivity contribution in [3.63, 3.8) is 0 Å². The molecule has 0 unspecified atom stereocenters. The summed E-state index contributed by atoms with van der Waals surface area (Å²) in [5.41, 5.74) is 2.65. The molecule has 19 heavy (non-hydrogen) atoms. The molecule has 2 nitrogen and oxygen atoms in total. The first kappa shape index (κ1) is 23.3. The van der Waals surface area contributed by atoms with Crippen molar-refractivity contribution in [1.82, 2.24) is 0 Å². The molecular formula is C16H29BrO2. The maximum Gasteiger partial charge on any atom is 0.338 e. The molecule has 0 N–H and O–H groups in total. The summed E-state index contributed by atoms with van der Waals surface area (Å²) in [4.78, 5) is 11.3. The third-order valence-corrected chi connectivity index (χ3v) is 2.51. The molecule has 0 saturated heterocycles. The molecule has 112 valence electrons. The lowest BCUT2D eigenvalue weighted by Crippen LogP contribution is -2.04. The summed E-state index contributed by atoms with van der Waals surface area (Å²) in [5.74, 6) is -0.277. The Morgan fingerprint density at radius 3 is 1.95 bits per heavy atom. The van der Waals surface area contributed by atoms with Crippen molar-refractivity contribution >= 4 is 21.9 Å². The minimum Gasteiger partial charge on any atom is -0.465 e. The number of methoxy groups -OCH3 is 1. The SMILES string of the molecule is CC.CC.CC.COC(=O)c1cc(CBr)ccc1C. The van der Waals surface area contributed by atoms with Gasteiger partial charge in [0.05, 0.1) is 12.7 Å². The van der Waals surface area contributed by atoms with E-state index < -0.39 is 0 Å². The van der Waals surface area contributed by atoms with Crippen LogP contribution in [0.5, 0.6) is 0 Å². The van der Waals surface area contributed by atoms with E-state index in [9.17, 15) is 4.79 Å². The number of hydrogen-bond acceptors (Lipinski definition) is 2. The largest absolute Gasteiger partial charge is 0.465 e. The van der Waals surface area contributed by atoms with Gasteiger partial charge < -0.3 is 4.74 Å². The molecule has 0 spiro atoms. The zero-order chi connectivity index (χ0) is 15.8. The number of alkyl halides is 1. The molecule has 1 aromatic rings. The summed E-state index contributed by atoms with van der Waals surface area (Å²) < 4.78 is 4.66. The summed E-state index contributed by atoms with van der Waals surface area (Å²) in [6.07, 6.45) is 0. The molecule has 0 aliphatic heterocycles. The lowest BCUT2D eigenvalue weighted by Gasteiger charge is -2.04. The van der Waals surface area contributed by atoms with Gasteiger partial charge in [-0.15, -0.1) is 0 Å². The lowest BCUT2D eigenvalue weighted by atomic mass is 10.1. The van der Waals surface area contributed by atoms with Gasteiger partial charge in [-0.1, -0.05) is 69.6 Å². The third kappa shape index (κ3) is 9.71. The van der Waals surface area contributed by atoms with E-state index in [4.69, 9.17) is 0 Å². The highest BCUT2D eigenvalue weighted by Crippen LogP contribution is 2.14. The van der Waals surface area contributed by atoms with Crippen LogP contribution in [-0.2, 0) is 10.1 Å². The average Bonchev–Trinajstić information content (AvgIpc) is 2.53. The quantitative estimate of drug-likeness (QED) is 0.508. The van der Waals surface area contributed by atoms with Gasteiger partial charge in [0, 0.05) is 5.33 Å². The molecule has 0 amide bonds. The number of benzene rings is 1. The summed E-state index contributed by atoms with van der Waals surface area (Å²) in [7, 11) is 1.39. The number of aryl methyl sites for hydroxylation is 1. The molecule has 0 aromatic heterocycles. The number of ether oxygens (including phenoxy) is 1. The topological polar surface area (TPSA) is 26.3 Å². The van der Waals surface area contributed by atoms with Crippen molar-refractivity contribution < 1.29 is 9.53 Å². The van der Waals surface area contributed by atoms with Crippen LogP contribution >= 0.6 is 15.9 Å². The molecule has 0 aliphatic rings. The maximum atomic E-state index is 11.3. The van der Waals surface area contributed by atoms with Gasteiger partial charge in [-0.3, -0.25) is 0 Å². The van der Waals surface area contributed by atoms with Crippen LogP contribution in [0, 0.1) is 6.92 Å². The normalized spacial score (nSPS) is 7.63. The average molecular weight is 333 g/mol. The first-order valence-electron chi connectivity index (χ1n) is 6.93. The predicted molar refractivity (Wildman–Crippen MR) is 89.2 cm³/mol. The van der Waals surface area contributed by atoms with Gasteiger partial charge in [-0.25, -0.2) is 4.79 Å². The third-order valence-electron chi connectivity index (χ3n) is 1.86. The van der Waals surface area contributed by atoms with E-state index in [2.05, 4.69) is 20.7 Å². The van der Waals surface area contributed by atoms with Crippen molar-refractivity contribution in [2.24, 2.45) is 0 Å². The van der Waals surface area contributed by atoms with Gasteiger partial charge in [0.2, 0.25) is 0 Å². The van der Waals surface area contributed by atoms with Crippen LogP contribution in [0.1, 0.15) is 63.0 Å². The molecule has 1 rings (SSSR count). The minimum absolute atomic E-state index is 0.277. The van der Waals surface area contributed by atoms with E-state index in [1.807, 2.05) is 66.7 Å². The van der Waals surface area contributed by atoms with Crippen molar-refractivity contribution in [2.45, 2.75) is 53.8 Å². The molecule has 0 bridgehead atoms. The van der Waals surface area contributed by atoms with E-state index in [-0.39, 0.29) is 5.97 Å². The molecule has 0 atom stereocenters. The second kappa shape index (κ2) is 17.2. The monoisotopic (exact) mass is 332 g/mol. The zero-order valence-corrected chi connectivity index (χ0v) is 15.2. The highest BCUT2D eigenvalue weighted by Gasteiger charge is 2.08. The first-order chi connectivity index (χ1) is 9.19. The summed E-state index contributed by atoms with van der Waals surface area (Å²) >= 11 is 3.34. The summed E-state index contributed by atoms with van der Waals surface area (Å²) in [5, 5.41) is 0.747. The Bertz CT molecular complexity index is 323. The minimum atomic E-state index is -0.277. The molecule has 0 radical (unpaired) electrons. The molecule has 1 aromatic carbocycles. The smallest absolute Gasteiger partial charge is 0.338 e. The number of halogens is 1. The number of rotatable bonds is 2. The number of carbonyl (C=O) groups excluding carboxylic acids is 1. The molecule has 0 fully saturated rings. The van der Waals surface area contributed by atoms with Crippen molar-refractivity contribution in [3.8, 4) is 0 Å². The fourth-order valence-corrected chi connectivity index (χ4v) is 1.43. The van der Waals surface area contributed by atoms with E-state index in [1.54, 1.807) is 0 Å². The van der Waals surface area contributed by atoms with Gasteiger partial charge in [0.1, 0.15) is 0 Å². The van der Waals surface area contributed by atoms with Crippen LogP contribution in [0.3, 0.4) is 0 Å². The lowest BCUT2D eigenvalue weighted by molar-refractivity contribution is 0.0600. The van der Waals surface area contributed by atoms with Crippen LogP contribution in [-0.4, -0.2) is 13.1 Å². The number of hydrogen-bond donors (Lipinski definition) is 0. The van der Waals surface area contributed by atoms with Crippen molar-refractivity contribution in [1.29, 1.82) is 0 Å². The Morgan fingerprint density at radius 2 is 1.58 bits per heavy atom. The summed E-state index contributed by atoms with van der Waals surface area (Å²) in [6, 6.07) is 5.75. The number of esters is 1. The highest BCUT2D eigenvalue weighted by atomic mass is 79.9. The van der Waals surface area contributed by atoms with E-state index >= 15 is 0 Å². The van der Waals surface area contributed by atoms with Crippen LogP contribution < -0.4 is 0 Å². The van der Waals surface area contributed by atoms with E-state index in [1.165, 1.54) is 7.11 Å². The first-order valence-corrected chi connectivity index (χ1v) is 8.05. The molecule has 0 aliphatic carbocycles. The Kier molecular flexibility index (Phi) is 21.0. The second-order valence-electron chi connectivity index (χ2n) is 2.77. The molecular weight excluding hydrogens is 304 g/mol.